The smallest absolute Gasteiger partial charge is 0.313 e. The van der Waals surface area contributed by atoms with Crippen LogP contribution in [0.25, 0.3) is 0 Å². The van der Waals surface area contributed by atoms with Gasteiger partial charge in [-0.25, -0.2) is 0 Å². The summed E-state index contributed by atoms with van der Waals surface area (Å²) in [4.78, 5) is 23.5. The molecular formula is C14H19NO4. The highest BCUT2D eigenvalue weighted by Gasteiger charge is 2.46. The summed E-state index contributed by atoms with van der Waals surface area (Å²) in [6.07, 6.45) is 2.42. The number of rotatable bonds is 5. The maximum Gasteiger partial charge on any atom is 0.313 e. The maximum absolute atomic E-state index is 12.0. The van der Waals surface area contributed by atoms with Gasteiger partial charge in [-0.1, -0.05) is 0 Å². The van der Waals surface area contributed by atoms with Crippen molar-refractivity contribution in [1.29, 1.82) is 0 Å². The topological polar surface area (TPSA) is 68.5 Å². The number of methoxy groups -OCH3 is 1. The zero-order valence-corrected chi connectivity index (χ0v) is 11.4. The third-order valence-electron chi connectivity index (χ3n) is 3.48. The first kappa shape index (κ1) is 13.6. The Morgan fingerprint density at radius 3 is 2.84 bits per heavy atom. The van der Waals surface area contributed by atoms with Crippen molar-refractivity contribution in [3.8, 4) is 0 Å². The second-order valence-corrected chi connectivity index (χ2v) is 5.56. The quantitative estimate of drug-likeness (QED) is 0.823. The van der Waals surface area contributed by atoms with E-state index in [1.54, 1.807) is 20.1 Å². The van der Waals surface area contributed by atoms with Crippen LogP contribution in [-0.2, 0) is 14.3 Å². The maximum atomic E-state index is 12.0. The molecule has 0 saturated heterocycles. The number of hydrogen-bond donors (Lipinski definition) is 1. The zero-order chi connectivity index (χ0) is 14.0. The van der Waals surface area contributed by atoms with E-state index in [-0.39, 0.29) is 30.3 Å². The molecule has 1 amide bonds. The van der Waals surface area contributed by atoms with Gasteiger partial charge in [0.15, 0.2) is 0 Å². The van der Waals surface area contributed by atoms with Gasteiger partial charge in [0.05, 0.1) is 18.8 Å². The van der Waals surface area contributed by atoms with E-state index in [9.17, 15) is 9.59 Å². The Morgan fingerprint density at radius 2 is 2.26 bits per heavy atom. The van der Waals surface area contributed by atoms with E-state index in [2.05, 4.69) is 5.32 Å². The number of carbonyl (C=O) groups excluding carboxylic acids is 2. The molecule has 2 atom stereocenters. The zero-order valence-electron chi connectivity index (χ0n) is 11.4. The van der Waals surface area contributed by atoms with Gasteiger partial charge in [-0.3, -0.25) is 9.59 Å². The number of amides is 1. The Hall–Kier alpha value is -1.78. The number of hydrogen-bond acceptors (Lipinski definition) is 4. The van der Waals surface area contributed by atoms with Crippen molar-refractivity contribution in [3.05, 3.63) is 24.2 Å². The van der Waals surface area contributed by atoms with Crippen LogP contribution in [0.1, 0.15) is 31.9 Å². The van der Waals surface area contributed by atoms with Crippen LogP contribution in [0.5, 0.6) is 0 Å². The van der Waals surface area contributed by atoms with Gasteiger partial charge in [-0.05, 0) is 32.4 Å². The van der Waals surface area contributed by atoms with E-state index in [0.29, 0.717) is 0 Å². The fraction of sp³-hybridized carbons (Fsp3) is 0.571. The van der Waals surface area contributed by atoms with Gasteiger partial charge in [0, 0.05) is 18.4 Å². The monoisotopic (exact) mass is 265 g/mol. The number of carbonyl (C=O) groups is 2. The van der Waals surface area contributed by atoms with Crippen LogP contribution in [-0.4, -0.2) is 25.5 Å². The van der Waals surface area contributed by atoms with Crippen LogP contribution in [0.3, 0.4) is 0 Å². The molecule has 1 N–H and O–H groups in total. The molecular weight excluding hydrogens is 246 g/mol. The Bertz CT molecular complexity index is 464. The van der Waals surface area contributed by atoms with Crippen LogP contribution in [0.15, 0.2) is 22.8 Å². The van der Waals surface area contributed by atoms with E-state index >= 15 is 0 Å². The fourth-order valence-electron chi connectivity index (χ4n) is 2.09. The molecule has 1 saturated carbocycles. The van der Waals surface area contributed by atoms with Crippen molar-refractivity contribution in [3.63, 3.8) is 0 Å². The summed E-state index contributed by atoms with van der Waals surface area (Å²) in [6.45, 7) is 3.77. The lowest BCUT2D eigenvalue weighted by Crippen LogP contribution is -2.40. The average Bonchev–Trinajstić information content (AvgIpc) is 3.01. The Kier molecular flexibility index (Phi) is 3.64. The van der Waals surface area contributed by atoms with Gasteiger partial charge in [0.1, 0.15) is 5.76 Å². The summed E-state index contributed by atoms with van der Waals surface area (Å²) in [6, 6.07) is 3.71. The molecule has 0 unspecified atom stereocenters. The van der Waals surface area contributed by atoms with E-state index < -0.39 is 5.41 Å². The van der Waals surface area contributed by atoms with Crippen molar-refractivity contribution in [1.82, 2.24) is 5.32 Å². The molecule has 0 spiro atoms. The van der Waals surface area contributed by atoms with Crippen LogP contribution in [0.4, 0.5) is 0 Å². The molecule has 0 aliphatic heterocycles. The molecule has 5 heteroatoms. The first-order valence-corrected chi connectivity index (χ1v) is 6.35. The van der Waals surface area contributed by atoms with Crippen molar-refractivity contribution < 1.29 is 18.7 Å². The van der Waals surface area contributed by atoms with Crippen LogP contribution in [0.2, 0.25) is 0 Å². The van der Waals surface area contributed by atoms with E-state index in [4.69, 9.17) is 9.15 Å². The molecule has 1 aliphatic rings. The number of ether oxygens (including phenoxy) is 1. The Balaban J connectivity index is 1.82. The van der Waals surface area contributed by atoms with Gasteiger partial charge in [0.25, 0.3) is 0 Å². The second-order valence-electron chi connectivity index (χ2n) is 5.56. The van der Waals surface area contributed by atoms with Crippen molar-refractivity contribution in [2.75, 3.05) is 13.7 Å². The van der Waals surface area contributed by atoms with Gasteiger partial charge in [0.2, 0.25) is 5.91 Å². The molecule has 1 aromatic heterocycles. The van der Waals surface area contributed by atoms with Crippen molar-refractivity contribution >= 4 is 11.9 Å². The van der Waals surface area contributed by atoms with Gasteiger partial charge < -0.3 is 14.5 Å². The number of nitrogens with one attached hydrogen (secondary N) is 1. The van der Waals surface area contributed by atoms with Gasteiger partial charge >= 0.3 is 5.97 Å². The van der Waals surface area contributed by atoms with Gasteiger partial charge in [-0.15, -0.1) is 0 Å². The molecule has 1 aliphatic carbocycles. The average molecular weight is 265 g/mol. The lowest BCUT2D eigenvalue weighted by Gasteiger charge is -2.21. The second kappa shape index (κ2) is 5.07. The first-order chi connectivity index (χ1) is 8.95. The molecule has 0 aromatic carbocycles. The molecule has 0 bridgehead atoms. The normalized spacial score (nSPS) is 21.8. The predicted octanol–water partition coefficient (Wildman–Crippen LogP) is 1.70. The number of furan rings is 1. The minimum Gasteiger partial charge on any atom is -0.469 e. The van der Waals surface area contributed by atoms with Crippen LogP contribution >= 0.6 is 0 Å². The Morgan fingerprint density at radius 1 is 1.53 bits per heavy atom. The van der Waals surface area contributed by atoms with E-state index in [0.717, 1.165) is 12.2 Å². The third-order valence-corrected chi connectivity index (χ3v) is 3.48. The molecule has 2 rings (SSSR count). The summed E-state index contributed by atoms with van der Waals surface area (Å²) in [5, 5.41) is 2.81. The predicted molar refractivity (Wildman–Crippen MR) is 68.4 cm³/mol. The molecule has 1 aromatic rings. The number of esters is 1. The highest BCUT2D eigenvalue weighted by atomic mass is 16.5. The molecule has 104 valence electrons. The lowest BCUT2D eigenvalue weighted by molar-refractivity contribution is -0.150. The minimum absolute atomic E-state index is 0.0293. The largest absolute Gasteiger partial charge is 0.469 e. The molecule has 0 radical (unpaired) electrons. The highest BCUT2D eigenvalue weighted by Crippen LogP contribution is 2.47. The standard InChI is InChI=1S/C14H19NO4/c1-14(2,13(17)18-3)8-15-12(16)10-7-9(10)11-5-4-6-19-11/h4-6,9-10H,7-8H2,1-3H3,(H,15,16)/t9-,10+/m1/s1. The van der Waals surface area contributed by atoms with Crippen molar-refractivity contribution in [2.24, 2.45) is 11.3 Å². The summed E-state index contributed by atoms with van der Waals surface area (Å²) < 4.78 is 9.98. The fourth-order valence-corrected chi connectivity index (χ4v) is 2.09. The summed E-state index contributed by atoms with van der Waals surface area (Å²) in [5.74, 6) is 0.632. The molecule has 5 nitrogen and oxygen atoms in total. The molecule has 19 heavy (non-hydrogen) atoms. The molecule has 1 heterocycles. The van der Waals surface area contributed by atoms with Crippen molar-refractivity contribution in [2.45, 2.75) is 26.2 Å². The summed E-state index contributed by atoms with van der Waals surface area (Å²) in [7, 11) is 1.35. The van der Waals surface area contributed by atoms with Crippen LogP contribution in [0, 0.1) is 11.3 Å². The molecule has 1 fully saturated rings. The highest BCUT2D eigenvalue weighted by molar-refractivity contribution is 5.84. The summed E-state index contributed by atoms with van der Waals surface area (Å²) in [5.41, 5.74) is -0.709. The Labute approximate surface area is 112 Å². The summed E-state index contributed by atoms with van der Waals surface area (Å²) >= 11 is 0. The van der Waals surface area contributed by atoms with Crippen LogP contribution < -0.4 is 5.32 Å². The third kappa shape index (κ3) is 2.97. The first-order valence-electron chi connectivity index (χ1n) is 6.35. The lowest BCUT2D eigenvalue weighted by atomic mass is 9.93. The van der Waals surface area contributed by atoms with E-state index in [1.807, 2.05) is 12.1 Å². The van der Waals surface area contributed by atoms with Gasteiger partial charge in [-0.2, -0.15) is 0 Å². The van der Waals surface area contributed by atoms with E-state index in [1.165, 1.54) is 7.11 Å². The minimum atomic E-state index is -0.709. The SMILES string of the molecule is COC(=O)C(C)(C)CNC(=O)[C@H]1C[C@H]1c1ccco1.